The van der Waals surface area contributed by atoms with E-state index >= 15 is 0 Å². The Labute approximate surface area is 111 Å². The largest absolute Gasteiger partial charge is 0.456 e. The summed E-state index contributed by atoms with van der Waals surface area (Å²) < 4.78 is 5.19. The van der Waals surface area contributed by atoms with E-state index in [9.17, 15) is 9.90 Å². The van der Waals surface area contributed by atoms with Crippen LogP contribution in [0.4, 0.5) is 5.69 Å². The van der Waals surface area contributed by atoms with E-state index in [0.29, 0.717) is 17.0 Å². The molecule has 4 N–H and O–H groups in total. The number of aliphatic hydroxyl groups excluding tert-OH is 1. The van der Waals surface area contributed by atoms with Crippen LogP contribution in [0.25, 0.3) is 0 Å². The van der Waals surface area contributed by atoms with Crippen molar-refractivity contribution in [3.05, 3.63) is 53.5 Å². The average Bonchev–Trinajstić information content (AvgIpc) is 2.83. The Kier molecular flexibility index (Phi) is 3.87. The number of hydrogen-bond acceptors (Lipinski definition) is 4. The molecule has 0 fully saturated rings. The number of furan rings is 1. The lowest BCUT2D eigenvalue weighted by atomic mass is 10.1. The number of rotatable bonds is 4. The fourth-order valence-corrected chi connectivity index (χ4v) is 1.67. The van der Waals surface area contributed by atoms with Crippen LogP contribution >= 0.6 is 0 Å². The minimum Gasteiger partial charge on any atom is -0.456 e. The maximum atomic E-state index is 11.7. The van der Waals surface area contributed by atoms with Gasteiger partial charge in [0.1, 0.15) is 5.76 Å². The standard InChI is InChI=1S/C14H16N2O3/c1-9-2-7-13(19-9)14(18)16-8-12(17)10-3-5-11(15)6-4-10/h2-7,12,17H,8,15H2,1H3,(H,16,18). The zero-order chi connectivity index (χ0) is 13.8. The number of aliphatic hydroxyl groups is 1. The van der Waals surface area contributed by atoms with E-state index in [-0.39, 0.29) is 18.2 Å². The Bertz CT molecular complexity index is 560. The molecule has 1 unspecified atom stereocenters. The molecule has 5 heteroatoms. The van der Waals surface area contributed by atoms with Crippen LogP contribution in [0.15, 0.2) is 40.8 Å². The number of nitrogens with two attached hydrogens (primary N) is 1. The lowest BCUT2D eigenvalue weighted by Crippen LogP contribution is -2.28. The first-order valence-electron chi connectivity index (χ1n) is 5.94. The van der Waals surface area contributed by atoms with E-state index in [0.717, 1.165) is 0 Å². The zero-order valence-corrected chi connectivity index (χ0v) is 10.6. The minimum atomic E-state index is -0.777. The zero-order valence-electron chi connectivity index (χ0n) is 10.6. The fraction of sp³-hybridized carbons (Fsp3) is 0.214. The molecule has 100 valence electrons. The van der Waals surface area contributed by atoms with E-state index in [1.807, 2.05) is 0 Å². The summed E-state index contributed by atoms with van der Waals surface area (Å²) in [6, 6.07) is 10.2. The van der Waals surface area contributed by atoms with Gasteiger partial charge in [-0.15, -0.1) is 0 Å². The normalized spacial score (nSPS) is 12.1. The summed E-state index contributed by atoms with van der Waals surface area (Å²) in [6.45, 7) is 1.88. The van der Waals surface area contributed by atoms with Crippen molar-refractivity contribution in [3.63, 3.8) is 0 Å². The molecule has 2 rings (SSSR count). The second-order valence-electron chi connectivity index (χ2n) is 4.30. The third-order valence-corrected chi connectivity index (χ3v) is 2.74. The number of hydrogen-bond donors (Lipinski definition) is 3. The number of carbonyl (C=O) groups is 1. The molecular formula is C14H16N2O3. The smallest absolute Gasteiger partial charge is 0.287 e. The first kappa shape index (κ1) is 13.2. The molecule has 0 aliphatic rings. The Morgan fingerprint density at radius 2 is 2.00 bits per heavy atom. The molecule has 1 amide bonds. The SMILES string of the molecule is Cc1ccc(C(=O)NCC(O)c2ccc(N)cc2)o1. The van der Waals surface area contributed by atoms with Gasteiger partial charge in [-0.25, -0.2) is 0 Å². The molecule has 0 aliphatic carbocycles. The quantitative estimate of drug-likeness (QED) is 0.729. The van der Waals surface area contributed by atoms with E-state index in [2.05, 4.69) is 5.32 Å². The van der Waals surface area contributed by atoms with Gasteiger partial charge in [0.15, 0.2) is 5.76 Å². The van der Waals surface area contributed by atoms with Crippen molar-refractivity contribution in [3.8, 4) is 0 Å². The number of nitrogens with one attached hydrogen (secondary N) is 1. The number of aryl methyl sites for hydroxylation is 1. The highest BCUT2D eigenvalue weighted by atomic mass is 16.3. The van der Waals surface area contributed by atoms with Crippen LogP contribution in [0.5, 0.6) is 0 Å². The molecule has 0 radical (unpaired) electrons. The molecule has 2 aromatic rings. The van der Waals surface area contributed by atoms with E-state index in [4.69, 9.17) is 10.2 Å². The third-order valence-electron chi connectivity index (χ3n) is 2.74. The van der Waals surface area contributed by atoms with E-state index in [1.165, 1.54) is 0 Å². The highest BCUT2D eigenvalue weighted by Crippen LogP contribution is 2.14. The van der Waals surface area contributed by atoms with Crippen LogP contribution < -0.4 is 11.1 Å². The summed E-state index contributed by atoms with van der Waals surface area (Å²) in [4.78, 5) is 11.7. The van der Waals surface area contributed by atoms with Gasteiger partial charge in [0.25, 0.3) is 5.91 Å². The Morgan fingerprint density at radius 3 is 2.58 bits per heavy atom. The van der Waals surface area contributed by atoms with Gasteiger partial charge in [-0.05, 0) is 36.8 Å². The van der Waals surface area contributed by atoms with E-state index in [1.54, 1.807) is 43.3 Å². The minimum absolute atomic E-state index is 0.114. The van der Waals surface area contributed by atoms with Gasteiger partial charge in [0.2, 0.25) is 0 Å². The molecule has 1 heterocycles. The Balaban J connectivity index is 1.91. The average molecular weight is 260 g/mol. The molecule has 1 aromatic heterocycles. The van der Waals surface area contributed by atoms with Gasteiger partial charge in [0.05, 0.1) is 6.10 Å². The third kappa shape index (κ3) is 3.35. The molecule has 0 saturated carbocycles. The number of anilines is 1. The highest BCUT2D eigenvalue weighted by Gasteiger charge is 2.13. The molecule has 0 aliphatic heterocycles. The van der Waals surface area contributed by atoms with Gasteiger partial charge in [-0.2, -0.15) is 0 Å². The van der Waals surface area contributed by atoms with Crippen LogP contribution in [-0.4, -0.2) is 17.6 Å². The summed E-state index contributed by atoms with van der Waals surface area (Å²) in [5, 5.41) is 12.5. The highest BCUT2D eigenvalue weighted by molar-refractivity contribution is 5.91. The first-order valence-corrected chi connectivity index (χ1v) is 5.94. The fourth-order valence-electron chi connectivity index (χ4n) is 1.67. The summed E-state index contributed by atoms with van der Waals surface area (Å²) in [5.41, 5.74) is 6.89. The lowest BCUT2D eigenvalue weighted by molar-refractivity contribution is 0.0888. The van der Waals surface area contributed by atoms with E-state index < -0.39 is 6.10 Å². The Hall–Kier alpha value is -2.27. The first-order chi connectivity index (χ1) is 9.06. The summed E-state index contributed by atoms with van der Waals surface area (Å²) in [5.74, 6) is 0.564. The monoisotopic (exact) mass is 260 g/mol. The molecule has 0 bridgehead atoms. The molecule has 1 aromatic carbocycles. The van der Waals surface area contributed by atoms with Crippen LogP contribution in [-0.2, 0) is 0 Å². The number of amides is 1. The second-order valence-corrected chi connectivity index (χ2v) is 4.30. The number of carbonyl (C=O) groups excluding carboxylic acids is 1. The van der Waals surface area contributed by atoms with Crippen molar-refractivity contribution in [2.45, 2.75) is 13.0 Å². The lowest BCUT2D eigenvalue weighted by Gasteiger charge is -2.11. The maximum Gasteiger partial charge on any atom is 0.287 e. The Morgan fingerprint density at radius 1 is 1.32 bits per heavy atom. The number of benzene rings is 1. The topological polar surface area (TPSA) is 88.5 Å². The van der Waals surface area contributed by atoms with Crippen molar-refractivity contribution in [2.24, 2.45) is 0 Å². The molecule has 5 nitrogen and oxygen atoms in total. The van der Waals surface area contributed by atoms with Crippen molar-refractivity contribution < 1.29 is 14.3 Å². The van der Waals surface area contributed by atoms with Crippen molar-refractivity contribution in [1.82, 2.24) is 5.32 Å². The molecule has 1 atom stereocenters. The van der Waals surface area contributed by atoms with Crippen LogP contribution in [0.2, 0.25) is 0 Å². The van der Waals surface area contributed by atoms with Gasteiger partial charge in [-0.1, -0.05) is 12.1 Å². The van der Waals surface area contributed by atoms with Gasteiger partial charge < -0.3 is 20.6 Å². The van der Waals surface area contributed by atoms with Gasteiger partial charge >= 0.3 is 0 Å². The molecule has 0 saturated heterocycles. The second kappa shape index (κ2) is 5.58. The summed E-state index contributed by atoms with van der Waals surface area (Å²) in [7, 11) is 0. The molecule has 0 spiro atoms. The predicted molar refractivity (Wildman–Crippen MR) is 71.6 cm³/mol. The van der Waals surface area contributed by atoms with Crippen molar-refractivity contribution >= 4 is 11.6 Å². The van der Waals surface area contributed by atoms with Crippen molar-refractivity contribution in [2.75, 3.05) is 12.3 Å². The van der Waals surface area contributed by atoms with Crippen LogP contribution in [0.3, 0.4) is 0 Å². The number of nitrogen functional groups attached to an aromatic ring is 1. The maximum absolute atomic E-state index is 11.7. The molecular weight excluding hydrogens is 244 g/mol. The van der Waals surface area contributed by atoms with Crippen LogP contribution in [0.1, 0.15) is 28.0 Å². The van der Waals surface area contributed by atoms with Gasteiger partial charge in [-0.3, -0.25) is 4.79 Å². The van der Waals surface area contributed by atoms with Crippen molar-refractivity contribution in [1.29, 1.82) is 0 Å². The van der Waals surface area contributed by atoms with Gasteiger partial charge in [0, 0.05) is 12.2 Å². The predicted octanol–water partition coefficient (Wildman–Crippen LogP) is 1.63. The summed E-state index contributed by atoms with van der Waals surface area (Å²) in [6.07, 6.45) is -0.777. The molecule has 19 heavy (non-hydrogen) atoms. The summed E-state index contributed by atoms with van der Waals surface area (Å²) >= 11 is 0. The van der Waals surface area contributed by atoms with Crippen LogP contribution in [0, 0.1) is 6.92 Å².